The average Bonchev–Trinajstić information content (AvgIpc) is 2.79. The highest BCUT2D eigenvalue weighted by atomic mass is 16.6. The van der Waals surface area contributed by atoms with Crippen molar-refractivity contribution in [3.63, 3.8) is 0 Å². The van der Waals surface area contributed by atoms with Crippen molar-refractivity contribution in [1.82, 2.24) is 4.98 Å². The second kappa shape index (κ2) is 5.87. The van der Waals surface area contributed by atoms with Gasteiger partial charge in [-0.3, -0.25) is 10.1 Å². The minimum atomic E-state index is -0.493. The molecule has 0 amide bonds. The van der Waals surface area contributed by atoms with Crippen molar-refractivity contribution in [1.29, 1.82) is 5.26 Å². The number of nitro groups is 1. The molecule has 0 aromatic carbocycles. The zero-order valence-electron chi connectivity index (χ0n) is 11.7. The van der Waals surface area contributed by atoms with E-state index in [1.54, 1.807) is 0 Å². The zero-order valence-corrected chi connectivity index (χ0v) is 11.7. The van der Waals surface area contributed by atoms with E-state index in [0.29, 0.717) is 11.8 Å². The monoisotopic (exact) mass is 274 g/mol. The highest BCUT2D eigenvalue weighted by Gasteiger charge is 2.33. The third-order valence-electron chi connectivity index (χ3n) is 4.27. The molecule has 1 aromatic heterocycles. The van der Waals surface area contributed by atoms with Gasteiger partial charge in [-0.05, 0) is 24.7 Å². The molecule has 0 saturated heterocycles. The number of hydrogen-bond acceptors (Lipinski definition) is 5. The first-order chi connectivity index (χ1) is 9.56. The summed E-state index contributed by atoms with van der Waals surface area (Å²) in [5, 5.41) is 23.1. The number of anilines is 1. The molecule has 0 bridgehead atoms. The fourth-order valence-corrected chi connectivity index (χ4v) is 2.97. The van der Waals surface area contributed by atoms with Gasteiger partial charge in [0.2, 0.25) is 5.82 Å². The van der Waals surface area contributed by atoms with Gasteiger partial charge in [0.25, 0.3) is 0 Å². The molecule has 20 heavy (non-hydrogen) atoms. The molecule has 2 rings (SSSR count). The molecule has 106 valence electrons. The van der Waals surface area contributed by atoms with Gasteiger partial charge in [-0.15, -0.1) is 0 Å². The fraction of sp³-hybridized carbons (Fsp3) is 0.571. The molecule has 1 fully saturated rings. The average molecular weight is 274 g/mol. The van der Waals surface area contributed by atoms with Crippen molar-refractivity contribution < 1.29 is 4.92 Å². The van der Waals surface area contributed by atoms with Gasteiger partial charge in [-0.2, -0.15) is 5.26 Å². The summed E-state index contributed by atoms with van der Waals surface area (Å²) in [6, 6.07) is 3.35. The van der Waals surface area contributed by atoms with Crippen LogP contribution in [-0.4, -0.2) is 15.9 Å². The molecule has 6 nitrogen and oxygen atoms in total. The second-order valence-corrected chi connectivity index (χ2v) is 5.32. The highest BCUT2D eigenvalue weighted by molar-refractivity contribution is 5.58. The van der Waals surface area contributed by atoms with Crippen LogP contribution in [0.2, 0.25) is 0 Å². The number of pyridine rings is 1. The van der Waals surface area contributed by atoms with Crippen LogP contribution in [0.25, 0.3) is 0 Å². The number of nitrogens with one attached hydrogen (secondary N) is 1. The van der Waals surface area contributed by atoms with E-state index < -0.39 is 4.92 Å². The molecule has 1 heterocycles. The zero-order chi connectivity index (χ0) is 14.7. The number of nitriles is 1. The predicted molar refractivity (Wildman–Crippen MR) is 75.2 cm³/mol. The van der Waals surface area contributed by atoms with E-state index in [4.69, 9.17) is 5.26 Å². The number of hydrogen-bond donors (Lipinski definition) is 1. The van der Waals surface area contributed by atoms with Crippen molar-refractivity contribution >= 4 is 11.5 Å². The maximum Gasteiger partial charge on any atom is 0.312 e. The summed E-state index contributed by atoms with van der Waals surface area (Å²) >= 11 is 0. The van der Waals surface area contributed by atoms with Crippen LogP contribution < -0.4 is 5.32 Å². The maximum atomic E-state index is 11.1. The van der Waals surface area contributed by atoms with Gasteiger partial charge in [0.1, 0.15) is 6.07 Å². The van der Waals surface area contributed by atoms with Crippen LogP contribution in [0.5, 0.6) is 0 Å². The van der Waals surface area contributed by atoms with Crippen molar-refractivity contribution in [2.45, 2.75) is 39.2 Å². The van der Waals surface area contributed by atoms with Gasteiger partial charge in [0.15, 0.2) is 0 Å². The van der Waals surface area contributed by atoms with Crippen molar-refractivity contribution in [3.05, 3.63) is 27.9 Å². The Morgan fingerprint density at radius 2 is 2.35 bits per heavy atom. The smallest absolute Gasteiger partial charge is 0.312 e. The van der Waals surface area contributed by atoms with Gasteiger partial charge in [-0.1, -0.05) is 20.3 Å². The Balaban J connectivity index is 2.22. The Hall–Kier alpha value is -2.16. The SMILES string of the molecule is CCC1CCC(Nc2ncc(C#N)cc2[N+](=O)[O-])C1C. The Kier molecular flexibility index (Phi) is 4.18. The Morgan fingerprint density at radius 3 is 2.90 bits per heavy atom. The number of nitrogens with zero attached hydrogens (tertiary/aromatic N) is 3. The fourth-order valence-electron chi connectivity index (χ4n) is 2.97. The lowest BCUT2D eigenvalue weighted by molar-refractivity contribution is -0.384. The molecule has 0 spiro atoms. The van der Waals surface area contributed by atoms with Crippen molar-refractivity contribution in [3.8, 4) is 6.07 Å². The molecule has 0 radical (unpaired) electrons. The molecule has 0 aliphatic heterocycles. The van der Waals surface area contributed by atoms with Gasteiger partial charge in [0, 0.05) is 18.3 Å². The summed E-state index contributed by atoms with van der Waals surface area (Å²) in [5.74, 6) is 1.39. The van der Waals surface area contributed by atoms with Crippen LogP contribution in [0, 0.1) is 33.3 Å². The van der Waals surface area contributed by atoms with E-state index in [1.807, 2.05) is 6.07 Å². The van der Waals surface area contributed by atoms with E-state index in [2.05, 4.69) is 24.1 Å². The molecule has 1 saturated carbocycles. The summed E-state index contributed by atoms with van der Waals surface area (Å²) in [6.45, 7) is 4.35. The Labute approximate surface area is 118 Å². The lowest BCUT2D eigenvalue weighted by Gasteiger charge is -2.21. The van der Waals surface area contributed by atoms with Crippen molar-refractivity contribution in [2.24, 2.45) is 11.8 Å². The first-order valence-electron chi connectivity index (χ1n) is 6.87. The van der Waals surface area contributed by atoms with Crippen molar-refractivity contribution in [2.75, 3.05) is 5.32 Å². The third-order valence-corrected chi connectivity index (χ3v) is 4.27. The van der Waals surface area contributed by atoms with Crippen LogP contribution in [0.1, 0.15) is 38.7 Å². The predicted octanol–water partition coefficient (Wildman–Crippen LogP) is 3.10. The standard InChI is InChI=1S/C14H18N4O2/c1-3-11-4-5-12(9(11)2)17-14-13(18(19)20)6-10(7-15)8-16-14/h6,8-9,11-12H,3-5H2,1-2H3,(H,16,17). The van der Waals surface area contributed by atoms with Gasteiger partial charge < -0.3 is 5.32 Å². The van der Waals surface area contributed by atoms with Crippen LogP contribution in [0.3, 0.4) is 0 Å². The third kappa shape index (κ3) is 2.72. The molecule has 3 unspecified atom stereocenters. The largest absolute Gasteiger partial charge is 0.361 e. The topological polar surface area (TPSA) is 91.8 Å². The van der Waals surface area contributed by atoms with Crippen LogP contribution in [0.15, 0.2) is 12.3 Å². The minimum absolute atomic E-state index is 0.129. The molecular formula is C14H18N4O2. The molecule has 1 aliphatic carbocycles. The Morgan fingerprint density at radius 1 is 1.60 bits per heavy atom. The molecule has 1 aliphatic rings. The molecule has 1 aromatic rings. The summed E-state index contributed by atoms with van der Waals surface area (Å²) in [7, 11) is 0. The lowest BCUT2D eigenvalue weighted by atomic mass is 9.93. The van der Waals surface area contributed by atoms with Crippen LogP contribution in [0.4, 0.5) is 11.5 Å². The summed E-state index contributed by atoms with van der Waals surface area (Å²) in [5.41, 5.74) is 0.0735. The highest BCUT2D eigenvalue weighted by Crippen LogP contribution is 2.36. The van der Waals surface area contributed by atoms with E-state index in [-0.39, 0.29) is 23.1 Å². The number of aromatic nitrogens is 1. The quantitative estimate of drug-likeness (QED) is 0.672. The van der Waals surface area contributed by atoms with E-state index in [9.17, 15) is 10.1 Å². The first kappa shape index (κ1) is 14.3. The van der Waals surface area contributed by atoms with Gasteiger partial charge in [0.05, 0.1) is 10.5 Å². The van der Waals surface area contributed by atoms with E-state index in [0.717, 1.165) is 19.3 Å². The summed E-state index contributed by atoms with van der Waals surface area (Å²) < 4.78 is 0. The van der Waals surface area contributed by atoms with Gasteiger partial charge >= 0.3 is 5.69 Å². The van der Waals surface area contributed by atoms with Crippen LogP contribution in [-0.2, 0) is 0 Å². The summed E-state index contributed by atoms with van der Waals surface area (Å²) in [6.07, 6.45) is 4.63. The molecule has 1 N–H and O–H groups in total. The molecule has 3 atom stereocenters. The Bertz CT molecular complexity index is 553. The number of rotatable bonds is 4. The van der Waals surface area contributed by atoms with Crippen LogP contribution >= 0.6 is 0 Å². The molecule has 6 heteroatoms. The molecular weight excluding hydrogens is 256 g/mol. The summed E-state index contributed by atoms with van der Waals surface area (Å²) in [4.78, 5) is 14.6. The minimum Gasteiger partial charge on any atom is -0.361 e. The normalized spacial score (nSPS) is 25.1. The van der Waals surface area contributed by atoms with E-state index in [1.165, 1.54) is 12.3 Å². The lowest BCUT2D eigenvalue weighted by Crippen LogP contribution is -2.25. The first-order valence-corrected chi connectivity index (χ1v) is 6.87. The van der Waals surface area contributed by atoms with Gasteiger partial charge in [-0.25, -0.2) is 4.98 Å². The maximum absolute atomic E-state index is 11.1. The second-order valence-electron chi connectivity index (χ2n) is 5.32. The van der Waals surface area contributed by atoms with E-state index >= 15 is 0 Å².